The molecule has 1 amide bonds. The van der Waals surface area contributed by atoms with Crippen LogP contribution in [-0.4, -0.2) is 33.5 Å². The van der Waals surface area contributed by atoms with Crippen LogP contribution in [0.15, 0.2) is 47.4 Å². The first-order valence-corrected chi connectivity index (χ1v) is 11.6. The second-order valence-corrected chi connectivity index (χ2v) is 8.90. The van der Waals surface area contributed by atoms with Crippen molar-refractivity contribution < 1.29 is 13.6 Å². The molecule has 0 saturated carbocycles. The van der Waals surface area contributed by atoms with Gasteiger partial charge in [0, 0.05) is 23.2 Å². The van der Waals surface area contributed by atoms with Crippen LogP contribution in [0.4, 0.5) is 13.9 Å². The molecule has 9 heteroatoms. The average molecular weight is 459 g/mol. The van der Waals surface area contributed by atoms with Crippen molar-refractivity contribution in [3.8, 4) is 0 Å². The van der Waals surface area contributed by atoms with E-state index in [0.29, 0.717) is 21.9 Å². The van der Waals surface area contributed by atoms with Gasteiger partial charge in [-0.15, -0.1) is 11.8 Å². The molecule has 0 spiro atoms. The van der Waals surface area contributed by atoms with E-state index in [-0.39, 0.29) is 18.0 Å². The maximum Gasteiger partial charge on any atom is 0.261 e. The fraction of sp³-hybridized carbons (Fsp3) is 0.227. The number of nitrogens with zero attached hydrogens (tertiary/aromatic N) is 4. The van der Waals surface area contributed by atoms with Crippen LogP contribution in [0.3, 0.4) is 0 Å². The molecule has 4 aromatic rings. The Bertz CT molecular complexity index is 1270. The number of hydrogen-bond acceptors (Lipinski definition) is 5. The predicted molar refractivity (Wildman–Crippen MR) is 121 cm³/mol. The standard InChI is InChI=1S/C22H20F2N4OS2/c1-13-10-14(2)28(26-13)9-8-27(21(29)16-6-4-5-7-18(16)30-3)22-25-20-17(24)11-15(23)12-19(20)31-22/h4-7,10-12H,8-9H2,1-3H3. The molecule has 4 rings (SSSR count). The Kier molecular flexibility index (Phi) is 6.06. The number of anilines is 1. The average Bonchev–Trinajstić information content (AvgIpc) is 3.30. The van der Waals surface area contributed by atoms with Crippen molar-refractivity contribution >= 4 is 44.4 Å². The van der Waals surface area contributed by atoms with Crippen LogP contribution in [0.25, 0.3) is 10.2 Å². The lowest BCUT2D eigenvalue weighted by Gasteiger charge is -2.21. The first-order chi connectivity index (χ1) is 14.9. The van der Waals surface area contributed by atoms with E-state index in [1.807, 2.05) is 43.0 Å². The Hall–Kier alpha value is -2.78. The minimum absolute atomic E-state index is 0.0588. The highest BCUT2D eigenvalue weighted by Gasteiger charge is 2.24. The molecule has 0 aliphatic carbocycles. The van der Waals surface area contributed by atoms with Gasteiger partial charge in [-0.05, 0) is 44.4 Å². The van der Waals surface area contributed by atoms with Crippen molar-refractivity contribution in [2.75, 3.05) is 17.7 Å². The van der Waals surface area contributed by atoms with Crippen molar-refractivity contribution in [2.24, 2.45) is 0 Å². The fourth-order valence-corrected chi connectivity index (χ4v) is 5.03. The smallest absolute Gasteiger partial charge is 0.261 e. The lowest BCUT2D eigenvalue weighted by Crippen LogP contribution is -2.34. The molecule has 0 saturated heterocycles. The van der Waals surface area contributed by atoms with E-state index in [1.165, 1.54) is 22.7 Å². The quantitative estimate of drug-likeness (QED) is 0.360. The van der Waals surface area contributed by atoms with Crippen molar-refractivity contribution in [1.82, 2.24) is 14.8 Å². The number of fused-ring (bicyclic) bond motifs is 1. The third-order valence-electron chi connectivity index (χ3n) is 4.85. The summed E-state index contributed by atoms with van der Waals surface area (Å²) in [5, 5.41) is 4.78. The number of halogens is 2. The number of benzene rings is 2. The highest BCUT2D eigenvalue weighted by molar-refractivity contribution is 7.98. The number of amides is 1. The summed E-state index contributed by atoms with van der Waals surface area (Å²) >= 11 is 2.57. The zero-order valence-corrected chi connectivity index (χ0v) is 18.9. The normalized spacial score (nSPS) is 11.3. The molecular weight excluding hydrogens is 438 g/mol. The van der Waals surface area contributed by atoms with Crippen LogP contribution in [0.5, 0.6) is 0 Å². The van der Waals surface area contributed by atoms with E-state index in [2.05, 4.69) is 10.1 Å². The van der Waals surface area contributed by atoms with E-state index in [1.54, 1.807) is 12.1 Å². The minimum atomic E-state index is -0.743. The molecule has 0 fully saturated rings. The van der Waals surface area contributed by atoms with Gasteiger partial charge in [-0.2, -0.15) is 5.10 Å². The van der Waals surface area contributed by atoms with Crippen LogP contribution in [0.2, 0.25) is 0 Å². The molecule has 2 aromatic heterocycles. The Morgan fingerprint density at radius 1 is 1.19 bits per heavy atom. The van der Waals surface area contributed by atoms with Gasteiger partial charge in [0.25, 0.3) is 5.91 Å². The molecule has 0 N–H and O–H groups in total. The van der Waals surface area contributed by atoms with Crippen molar-refractivity contribution in [3.05, 3.63) is 71.1 Å². The number of hydrogen-bond donors (Lipinski definition) is 0. The summed E-state index contributed by atoms with van der Waals surface area (Å²) in [6, 6.07) is 11.3. The molecular formula is C22H20F2N4OS2. The number of carbonyl (C=O) groups excluding carboxylic acids is 1. The number of rotatable bonds is 6. The summed E-state index contributed by atoms with van der Waals surface area (Å²) in [5.74, 6) is -1.66. The number of aromatic nitrogens is 3. The molecule has 0 aliphatic rings. The van der Waals surface area contributed by atoms with Crippen LogP contribution in [-0.2, 0) is 6.54 Å². The van der Waals surface area contributed by atoms with E-state index >= 15 is 0 Å². The Balaban J connectivity index is 1.76. The highest BCUT2D eigenvalue weighted by atomic mass is 32.2. The van der Waals surface area contributed by atoms with Gasteiger partial charge in [0.15, 0.2) is 10.9 Å². The van der Waals surface area contributed by atoms with Crippen molar-refractivity contribution in [2.45, 2.75) is 25.3 Å². The van der Waals surface area contributed by atoms with Gasteiger partial charge in [0.2, 0.25) is 0 Å². The van der Waals surface area contributed by atoms with Gasteiger partial charge in [0.1, 0.15) is 11.3 Å². The summed E-state index contributed by atoms with van der Waals surface area (Å²) < 4.78 is 30.1. The first-order valence-electron chi connectivity index (χ1n) is 9.59. The van der Waals surface area contributed by atoms with E-state index in [9.17, 15) is 13.6 Å². The van der Waals surface area contributed by atoms with Gasteiger partial charge < -0.3 is 0 Å². The monoisotopic (exact) mass is 458 g/mol. The maximum absolute atomic E-state index is 14.3. The molecule has 31 heavy (non-hydrogen) atoms. The molecule has 2 heterocycles. The van der Waals surface area contributed by atoms with E-state index in [0.717, 1.165) is 33.7 Å². The van der Waals surface area contributed by atoms with Crippen LogP contribution >= 0.6 is 23.1 Å². The molecule has 160 valence electrons. The summed E-state index contributed by atoms with van der Waals surface area (Å²) in [6.07, 6.45) is 1.90. The molecule has 0 aliphatic heterocycles. The van der Waals surface area contributed by atoms with Crippen LogP contribution in [0.1, 0.15) is 21.7 Å². The van der Waals surface area contributed by atoms with Gasteiger partial charge in [0.05, 0.1) is 22.5 Å². The van der Waals surface area contributed by atoms with Gasteiger partial charge in [-0.1, -0.05) is 23.5 Å². The number of aryl methyl sites for hydroxylation is 2. The largest absolute Gasteiger partial charge is 0.282 e. The third-order valence-corrected chi connectivity index (χ3v) is 6.68. The van der Waals surface area contributed by atoms with Crippen molar-refractivity contribution in [3.63, 3.8) is 0 Å². The SMILES string of the molecule is CSc1ccccc1C(=O)N(CCn1nc(C)cc1C)c1nc2c(F)cc(F)cc2s1. The predicted octanol–water partition coefficient (Wildman–Crippen LogP) is 5.46. The second kappa shape index (κ2) is 8.76. The lowest BCUT2D eigenvalue weighted by atomic mass is 10.2. The Morgan fingerprint density at radius 2 is 1.97 bits per heavy atom. The third kappa shape index (κ3) is 4.33. The summed E-state index contributed by atoms with van der Waals surface area (Å²) in [5.41, 5.74) is 2.46. The molecule has 2 aromatic carbocycles. The van der Waals surface area contributed by atoms with Crippen LogP contribution < -0.4 is 4.90 Å². The first kappa shape index (κ1) is 21.5. The lowest BCUT2D eigenvalue weighted by molar-refractivity contribution is 0.0983. The number of thioether (sulfide) groups is 1. The van der Waals surface area contributed by atoms with Crippen molar-refractivity contribution in [1.29, 1.82) is 0 Å². The van der Waals surface area contributed by atoms with E-state index < -0.39 is 11.6 Å². The van der Waals surface area contributed by atoms with Crippen LogP contribution in [0, 0.1) is 25.5 Å². The fourth-order valence-electron chi connectivity index (χ4n) is 3.41. The molecule has 0 unspecified atom stereocenters. The molecule has 0 bridgehead atoms. The molecule has 5 nitrogen and oxygen atoms in total. The van der Waals surface area contributed by atoms with Gasteiger partial charge in [-0.25, -0.2) is 13.8 Å². The zero-order chi connectivity index (χ0) is 22.1. The molecule has 0 radical (unpaired) electrons. The summed E-state index contributed by atoms with van der Waals surface area (Å²) in [6.45, 7) is 4.59. The highest BCUT2D eigenvalue weighted by Crippen LogP contribution is 2.33. The topological polar surface area (TPSA) is 51.0 Å². The summed E-state index contributed by atoms with van der Waals surface area (Å²) in [4.78, 5) is 20.2. The molecule has 0 atom stereocenters. The number of carbonyl (C=O) groups is 1. The number of thiazole rings is 1. The summed E-state index contributed by atoms with van der Waals surface area (Å²) in [7, 11) is 0. The minimum Gasteiger partial charge on any atom is -0.282 e. The second-order valence-electron chi connectivity index (χ2n) is 7.04. The zero-order valence-electron chi connectivity index (χ0n) is 17.2. The van der Waals surface area contributed by atoms with Gasteiger partial charge in [-0.3, -0.25) is 14.4 Å². The van der Waals surface area contributed by atoms with E-state index in [4.69, 9.17) is 0 Å². The Labute approximate surface area is 186 Å². The van der Waals surface area contributed by atoms with Gasteiger partial charge >= 0.3 is 0 Å². The Morgan fingerprint density at radius 3 is 2.68 bits per heavy atom. The maximum atomic E-state index is 14.3.